The third kappa shape index (κ3) is 8.52. The Hall–Kier alpha value is -3.52. The maximum atomic E-state index is 11.8. The summed E-state index contributed by atoms with van der Waals surface area (Å²) in [4.78, 5) is 35.3. The van der Waals surface area contributed by atoms with E-state index < -0.39 is 5.60 Å². The monoisotopic (exact) mass is 536 g/mol. The van der Waals surface area contributed by atoms with E-state index in [9.17, 15) is 4.79 Å². The van der Waals surface area contributed by atoms with E-state index in [2.05, 4.69) is 70.6 Å². The summed E-state index contributed by atoms with van der Waals surface area (Å²) in [5.41, 5.74) is 8.47. The van der Waals surface area contributed by atoms with Crippen LogP contribution in [0, 0.1) is 6.92 Å². The lowest BCUT2D eigenvalue weighted by Crippen LogP contribution is -2.38. The Balaban J connectivity index is 0.00000127. The number of hydrogen-bond acceptors (Lipinski definition) is 8. The van der Waals surface area contributed by atoms with Gasteiger partial charge in [0.1, 0.15) is 11.4 Å². The largest absolute Gasteiger partial charge is 0.444 e. The van der Waals surface area contributed by atoms with Gasteiger partial charge in [0, 0.05) is 43.9 Å². The van der Waals surface area contributed by atoms with Crippen LogP contribution >= 0.6 is 11.3 Å². The van der Waals surface area contributed by atoms with Gasteiger partial charge in [-0.3, -0.25) is 0 Å². The molecule has 1 aliphatic carbocycles. The highest BCUT2D eigenvalue weighted by molar-refractivity contribution is 7.07. The Labute approximate surface area is 228 Å². The smallest absolute Gasteiger partial charge is 0.407 e. The van der Waals surface area contributed by atoms with Crippen molar-refractivity contribution < 1.29 is 19.1 Å². The zero-order chi connectivity index (χ0) is 27.7. The Kier molecular flexibility index (Phi) is 10.2. The van der Waals surface area contributed by atoms with E-state index in [0.29, 0.717) is 6.54 Å². The number of hydrogen-bond donors (Lipinski definition) is 2. The number of aromatic nitrogens is 1. The van der Waals surface area contributed by atoms with E-state index in [1.807, 2.05) is 20.8 Å². The van der Waals surface area contributed by atoms with Crippen LogP contribution < -0.4 is 10.6 Å². The van der Waals surface area contributed by atoms with Crippen molar-refractivity contribution in [1.29, 1.82) is 0 Å². The van der Waals surface area contributed by atoms with Crippen molar-refractivity contribution in [2.45, 2.75) is 46.1 Å². The Bertz CT molecular complexity index is 1260. The number of likely N-dealkylation sites (N-methyl/N-ethyl adjacent to an activating group) is 1. The number of amides is 1. The predicted molar refractivity (Wildman–Crippen MR) is 150 cm³/mol. The molecule has 3 aromatic rings. The van der Waals surface area contributed by atoms with E-state index >= 15 is 0 Å². The molecule has 9 heteroatoms. The third-order valence-corrected chi connectivity index (χ3v) is 6.71. The summed E-state index contributed by atoms with van der Waals surface area (Å²) in [6.07, 6.45) is 1.67. The summed E-state index contributed by atoms with van der Waals surface area (Å²) in [5.74, 6) is 0.968. The maximum absolute atomic E-state index is 11.8. The van der Waals surface area contributed by atoms with Crippen molar-refractivity contribution in [3.05, 3.63) is 69.0 Å². The van der Waals surface area contributed by atoms with E-state index in [-0.39, 0.29) is 12.2 Å². The first kappa shape index (κ1) is 29.0. The van der Waals surface area contributed by atoms with Crippen molar-refractivity contribution in [2.24, 2.45) is 0 Å². The molecule has 4 rings (SSSR count). The second-order valence-electron chi connectivity index (χ2n) is 10.4. The normalized spacial score (nSPS) is 11.6. The van der Waals surface area contributed by atoms with E-state index in [0.717, 1.165) is 44.0 Å². The highest BCUT2D eigenvalue weighted by atomic mass is 32.1. The number of aryl methyl sites for hydroxylation is 1. The van der Waals surface area contributed by atoms with Gasteiger partial charge in [0.25, 0.3) is 0 Å². The SMILES string of the molecule is Cc1ccc2c(c1)Cc1cc(Cc3ccsc3)nc(NCCN(C)CCNC(=O)OC(C)(C)C)c1-2.O=C=O. The third-order valence-electron chi connectivity index (χ3n) is 5.98. The summed E-state index contributed by atoms with van der Waals surface area (Å²) in [6.45, 7) is 10.6. The number of benzene rings is 1. The summed E-state index contributed by atoms with van der Waals surface area (Å²) in [6, 6.07) is 11.2. The van der Waals surface area contributed by atoms with Gasteiger partial charge in [0.05, 0.1) is 0 Å². The number of ether oxygens (including phenoxy) is 1. The Morgan fingerprint density at radius 3 is 2.55 bits per heavy atom. The van der Waals surface area contributed by atoms with Crippen LogP contribution in [-0.4, -0.2) is 61.0 Å². The molecule has 1 aliphatic rings. The summed E-state index contributed by atoms with van der Waals surface area (Å²) < 4.78 is 5.30. The molecule has 0 radical (unpaired) electrons. The van der Waals surface area contributed by atoms with Crippen molar-refractivity contribution in [2.75, 3.05) is 38.5 Å². The molecule has 0 fully saturated rings. The summed E-state index contributed by atoms with van der Waals surface area (Å²) in [7, 11) is 2.06. The lowest BCUT2D eigenvalue weighted by atomic mass is 10.0. The second kappa shape index (κ2) is 13.3. The predicted octanol–water partition coefficient (Wildman–Crippen LogP) is 4.90. The molecule has 0 bridgehead atoms. The topological polar surface area (TPSA) is 101 Å². The molecular weight excluding hydrogens is 500 g/mol. The van der Waals surface area contributed by atoms with Gasteiger partial charge in [0.15, 0.2) is 0 Å². The molecule has 2 N–H and O–H groups in total. The summed E-state index contributed by atoms with van der Waals surface area (Å²) in [5, 5.41) is 10.8. The van der Waals surface area contributed by atoms with Crippen molar-refractivity contribution in [3.63, 3.8) is 0 Å². The molecule has 0 aliphatic heterocycles. The van der Waals surface area contributed by atoms with Crippen LogP contribution in [0.25, 0.3) is 11.1 Å². The molecule has 8 nitrogen and oxygen atoms in total. The molecule has 2 aromatic heterocycles. The highest BCUT2D eigenvalue weighted by Gasteiger charge is 2.24. The number of fused-ring (bicyclic) bond motifs is 3. The second-order valence-corrected chi connectivity index (χ2v) is 11.2. The zero-order valence-corrected chi connectivity index (χ0v) is 23.5. The van der Waals surface area contributed by atoms with Crippen LogP contribution in [0.3, 0.4) is 0 Å². The van der Waals surface area contributed by atoms with Crippen molar-refractivity contribution >= 4 is 29.4 Å². The maximum Gasteiger partial charge on any atom is 0.407 e. The van der Waals surface area contributed by atoms with Gasteiger partial charge in [-0.25, -0.2) is 9.78 Å². The molecule has 1 amide bonds. The minimum atomic E-state index is -0.484. The molecular formula is C29H36N4O4S. The summed E-state index contributed by atoms with van der Waals surface area (Å²) >= 11 is 1.72. The minimum Gasteiger partial charge on any atom is -0.444 e. The molecule has 0 atom stereocenters. The van der Waals surface area contributed by atoms with Crippen LogP contribution in [0.4, 0.5) is 10.6 Å². The van der Waals surface area contributed by atoms with Gasteiger partial charge in [-0.15, -0.1) is 0 Å². The lowest BCUT2D eigenvalue weighted by Gasteiger charge is -2.21. The van der Waals surface area contributed by atoms with Gasteiger partial charge < -0.3 is 20.3 Å². The van der Waals surface area contributed by atoms with Gasteiger partial charge in [-0.2, -0.15) is 20.9 Å². The number of rotatable bonds is 9. The Morgan fingerprint density at radius 1 is 1.13 bits per heavy atom. The molecule has 0 saturated heterocycles. The number of alkyl carbamates (subject to hydrolysis) is 1. The fraction of sp³-hybridized carbons (Fsp3) is 0.414. The van der Waals surface area contributed by atoms with Crippen LogP contribution in [-0.2, 0) is 27.2 Å². The Morgan fingerprint density at radius 2 is 1.87 bits per heavy atom. The number of anilines is 1. The first-order valence-corrected chi connectivity index (χ1v) is 13.6. The number of nitrogens with one attached hydrogen (secondary N) is 2. The van der Waals surface area contributed by atoms with Gasteiger partial charge in [-0.05, 0) is 86.3 Å². The molecule has 0 spiro atoms. The quantitative estimate of drug-likeness (QED) is 0.314. The van der Waals surface area contributed by atoms with Gasteiger partial charge in [-0.1, -0.05) is 23.8 Å². The molecule has 38 heavy (non-hydrogen) atoms. The van der Waals surface area contributed by atoms with Crippen LogP contribution in [0.5, 0.6) is 0 Å². The van der Waals surface area contributed by atoms with Crippen molar-refractivity contribution in [1.82, 2.24) is 15.2 Å². The number of carbonyl (C=O) groups is 1. The average molecular weight is 537 g/mol. The van der Waals surface area contributed by atoms with Crippen molar-refractivity contribution in [3.8, 4) is 11.1 Å². The first-order valence-electron chi connectivity index (χ1n) is 12.6. The number of thiophene rings is 1. The fourth-order valence-corrected chi connectivity index (χ4v) is 5.04. The molecule has 202 valence electrons. The van der Waals surface area contributed by atoms with E-state index in [4.69, 9.17) is 19.3 Å². The standard InChI is InChI=1S/C28H36N4O2S.CO2/c1-19-6-7-24-21(14-19)16-22-17-23(15-20-8-13-35-18-20)31-26(25(22)24)29-9-11-32(5)12-10-30-27(33)34-28(2,3)4;2-1-3/h6-8,13-14,17-18H,9-12,15-16H2,1-5H3,(H,29,31)(H,30,33);. The van der Waals surface area contributed by atoms with E-state index in [1.54, 1.807) is 11.3 Å². The van der Waals surface area contributed by atoms with Gasteiger partial charge in [0.2, 0.25) is 0 Å². The van der Waals surface area contributed by atoms with E-state index in [1.165, 1.54) is 33.4 Å². The molecule has 1 aromatic carbocycles. The lowest BCUT2D eigenvalue weighted by molar-refractivity contribution is -0.191. The van der Waals surface area contributed by atoms with Crippen LogP contribution in [0.1, 0.15) is 48.7 Å². The molecule has 0 saturated carbocycles. The van der Waals surface area contributed by atoms with Crippen LogP contribution in [0.2, 0.25) is 0 Å². The number of carbonyl (C=O) groups excluding carboxylic acids is 3. The zero-order valence-electron chi connectivity index (χ0n) is 22.7. The van der Waals surface area contributed by atoms with Gasteiger partial charge >= 0.3 is 12.2 Å². The highest BCUT2D eigenvalue weighted by Crippen LogP contribution is 2.41. The number of pyridine rings is 1. The molecule has 2 heterocycles. The molecule has 0 unspecified atom stereocenters. The average Bonchev–Trinajstić information content (AvgIpc) is 3.45. The number of nitrogens with zero attached hydrogens (tertiary/aromatic N) is 2. The fourth-order valence-electron chi connectivity index (χ4n) is 4.38. The first-order chi connectivity index (χ1) is 18.1. The minimum absolute atomic E-state index is 0.250. The van der Waals surface area contributed by atoms with Crippen LogP contribution in [0.15, 0.2) is 41.1 Å².